The Morgan fingerprint density at radius 1 is 1.40 bits per heavy atom. The SMILES string of the molecule is CC1C(CO)C1c1cncc(OCC2CCN2C(=O)OC(C)(C)C)c1. The number of amides is 1. The molecular formula is C19H28N2O4. The smallest absolute Gasteiger partial charge is 0.410 e. The van der Waals surface area contributed by atoms with Gasteiger partial charge in [-0.05, 0) is 56.6 Å². The zero-order valence-corrected chi connectivity index (χ0v) is 15.4. The van der Waals surface area contributed by atoms with Crippen LogP contribution in [0.3, 0.4) is 0 Å². The first-order chi connectivity index (χ1) is 11.8. The average molecular weight is 348 g/mol. The molecule has 2 fully saturated rings. The van der Waals surface area contributed by atoms with E-state index < -0.39 is 5.60 Å². The number of carbonyl (C=O) groups excluding carboxylic acids is 1. The van der Waals surface area contributed by atoms with Crippen molar-refractivity contribution < 1.29 is 19.4 Å². The Kier molecular flexibility index (Phi) is 4.91. The van der Waals surface area contributed by atoms with Crippen LogP contribution in [0.15, 0.2) is 18.5 Å². The standard InChI is InChI=1S/C19H28N2O4/c1-12-16(10-22)17(12)13-7-15(9-20-8-13)24-11-14-5-6-21(14)18(23)25-19(2,3)4/h7-9,12,14,16-17,22H,5-6,10-11H2,1-4H3. The molecule has 1 N–H and O–H groups in total. The summed E-state index contributed by atoms with van der Waals surface area (Å²) in [7, 11) is 0. The van der Waals surface area contributed by atoms with E-state index in [1.54, 1.807) is 11.1 Å². The van der Waals surface area contributed by atoms with Gasteiger partial charge in [-0.1, -0.05) is 6.92 Å². The van der Waals surface area contributed by atoms with E-state index in [0.717, 1.165) is 12.0 Å². The highest BCUT2D eigenvalue weighted by atomic mass is 16.6. The molecule has 6 nitrogen and oxygen atoms in total. The fourth-order valence-electron chi connectivity index (χ4n) is 3.44. The highest BCUT2D eigenvalue weighted by molar-refractivity contribution is 5.69. The van der Waals surface area contributed by atoms with Gasteiger partial charge in [0.05, 0.1) is 12.2 Å². The number of pyridine rings is 1. The molecule has 0 radical (unpaired) electrons. The molecule has 1 aromatic heterocycles. The first-order valence-corrected chi connectivity index (χ1v) is 8.98. The minimum atomic E-state index is -0.486. The second-order valence-corrected chi connectivity index (χ2v) is 8.11. The Labute approximate surface area is 149 Å². The zero-order valence-electron chi connectivity index (χ0n) is 15.4. The minimum Gasteiger partial charge on any atom is -0.490 e. The van der Waals surface area contributed by atoms with Crippen molar-refractivity contribution in [1.29, 1.82) is 0 Å². The summed E-state index contributed by atoms with van der Waals surface area (Å²) in [6.07, 6.45) is 4.18. The number of aliphatic hydroxyl groups is 1. The van der Waals surface area contributed by atoms with Crippen molar-refractivity contribution in [2.45, 2.75) is 51.7 Å². The van der Waals surface area contributed by atoms with E-state index in [4.69, 9.17) is 9.47 Å². The summed E-state index contributed by atoms with van der Waals surface area (Å²) < 4.78 is 11.3. The third-order valence-electron chi connectivity index (χ3n) is 5.11. The third kappa shape index (κ3) is 4.06. The summed E-state index contributed by atoms with van der Waals surface area (Å²) >= 11 is 0. The third-order valence-corrected chi connectivity index (χ3v) is 5.11. The molecule has 25 heavy (non-hydrogen) atoms. The zero-order chi connectivity index (χ0) is 18.2. The van der Waals surface area contributed by atoms with E-state index in [1.165, 1.54) is 0 Å². The lowest BCUT2D eigenvalue weighted by Crippen LogP contribution is -2.55. The van der Waals surface area contributed by atoms with Crippen LogP contribution >= 0.6 is 0 Å². The maximum atomic E-state index is 12.1. The van der Waals surface area contributed by atoms with E-state index >= 15 is 0 Å². The molecule has 1 aliphatic carbocycles. The molecule has 0 bridgehead atoms. The highest BCUT2D eigenvalue weighted by Gasteiger charge is 2.47. The van der Waals surface area contributed by atoms with Gasteiger partial charge in [0.2, 0.25) is 0 Å². The number of carbonyl (C=O) groups is 1. The van der Waals surface area contributed by atoms with Gasteiger partial charge in [0.25, 0.3) is 0 Å². The van der Waals surface area contributed by atoms with Crippen molar-refractivity contribution in [2.75, 3.05) is 19.8 Å². The van der Waals surface area contributed by atoms with Crippen molar-refractivity contribution in [3.8, 4) is 5.75 Å². The van der Waals surface area contributed by atoms with E-state index in [0.29, 0.717) is 36.7 Å². The topological polar surface area (TPSA) is 71.9 Å². The summed E-state index contributed by atoms with van der Waals surface area (Å²) in [4.78, 5) is 18.1. The molecule has 2 aliphatic rings. The Balaban J connectivity index is 1.53. The van der Waals surface area contributed by atoms with E-state index in [2.05, 4.69) is 11.9 Å². The van der Waals surface area contributed by atoms with Crippen LogP contribution in [-0.2, 0) is 4.74 Å². The van der Waals surface area contributed by atoms with Gasteiger partial charge >= 0.3 is 6.09 Å². The molecule has 1 amide bonds. The Morgan fingerprint density at radius 2 is 2.16 bits per heavy atom. The summed E-state index contributed by atoms with van der Waals surface area (Å²) in [6.45, 7) is 9.10. The van der Waals surface area contributed by atoms with Gasteiger partial charge in [0.15, 0.2) is 0 Å². The Bertz CT molecular complexity index is 628. The molecule has 6 heteroatoms. The van der Waals surface area contributed by atoms with Crippen LogP contribution in [-0.4, -0.2) is 52.5 Å². The van der Waals surface area contributed by atoms with Crippen molar-refractivity contribution >= 4 is 6.09 Å². The molecule has 4 atom stereocenters. The number of ether oxygens (including phenoxy) is 2. The number of hydrogen-bond donors (Lipinski definition) is 1. The van der Waals surface area contributed by atoms with Gasteiger partial charge in [-0.25, -0.2) is 4.79 Å². The van der Waals surface area contributed by atoms with Crippen LogP contribution in [0.4, 0.5) is 4.79 Å². The molecule has 1 aromatic rings. The van der Waals surface area contributed by atoms with Crippen LogP contribution in [0.2, 0.25) is 0 Å². The highest BCUT2D eigenvalue weighted by Crippen LogP contribution is 2.53. The molecule has 0 aromatic carbocycles. The van der Waals surface area contributed by atoms with Crippen LogP contribution in [0, 0.1) is 11.8 Å². The second kappa shape index (κ2) is 6.83. The van der Waals surface area contributed by atoms with E-state index in [9.17, 15) is 9.90 Å². The Morgan fingerprint density at radius 3 is 2.72 bits per heavy atom. The lowest BCUT2D eigenvalue weighted by molar-refractivity contribution is -0.0141. The van der Waals surface area contributed by atoms with Crippen molar-refractivity contribution in [2.24, 2.45) is 11.8 Å². The van der Waals surface area contributed by atoms with Crippen LogP contribution in [0.1, 0.15) is 45.6 Å². The monoisotopic (exact) mass is 348 g/mol. The lowest BCUT2D eigenvalue weighted by Gasteiger charge is -2.40. The van der Waals surface area contributed by atoms with Gasteiger partial charge in [0.1, 0.15) is 18.0 Å². The fourth-order valence-corrected chi connectivity index (χ4v) is 3.44. The van der Waals surface area contributed by atoms with Crippen LogP contribution in [0.25, 0.3) is 0 Å². The Hall–Kier alpha value is -1.82. The second-order valence-electron chi connectivity index (χ2n) is 8.11. The van der Waals surface area contributed by atoms with Gasteiger partial charge in [-0.15, -0.1) is 0 Å². The summed E-state index contributed by atoms with van der Waals surface area (Å²) in [5.41, 5.74) is 0.627. The number of likely N-dealkylation sites (tertiary alicyclic amines) is 1. The number of rotatable bonds is 5. The number of hydrogen-bond acceptors (Lipinski definition) is 5. The van der Waals surface area contributed by atoms with Gasteiger partial charge < -0.3 is 19.5 Å². The average Bonchev–Trinajstić information content (AvgIpc) is 3.14. The first-order valence-electron chi connectivity index (χ1n) is 8.98. The largest absolute Gasteiger partial charge is 0.490 e. The maximum absolute atomic E-state index is 12.1. The number of aromatic nitrogens is 1. The van der Waals surface area contributed by atoms with Gasteiger partial charge in [-0.2, -0.15) is 0 Å². The normalized spacial score (nSPS) is 28.3. The van der Waals surface area contributed by atoms with Crippen LogP contribution < -0.4 is 4.74 Å². The molecule has 138 valence electrons. The van der Waals surface area contributed by atoms with Crippen molar-refractivity contribution in [3.05, 3.63) is 24.0 Å². The lowest BCUT2D eigenvalue weighted by atomic mass is 10.1. The number of nitrogens with zero attached hydrogens (tertiary/aromatic N) is 2. The molecule has 1 saturated carbocycles. The molecule has 1 aliphatic heterocycles. The van der Waals surface area contributed by atoms with E-state index in [1.807, 2.05) is 33.0 Å². The summed E-state index contributed by atoms with van der Waals surface area (Å²) in [6, 6.07) is 2.05. The first kappa shape index (κ1) is 18.0. The summed E-state index contributed by atoms with van der Waals surface area (Å²) in [5, 5.41) is 9.35. The molecule has 4 unspecified atom stereocenters. The van der Waals surface area contributed by atoms with Crippen molar-refractivity contribution in [3.63, 3.8) is 0 Å². The number of aliphatic hydroxyl groups excluding tert-OH is 1. The van der Waals surface area contributed by atoms with Gasteiger partial charge in [0, 0.05) is 19.3 Å². The molecule has 1 saturated heterocycles. The predicted octanol–water partition coefficient (Wildman–Crippen LogP) is 2.81. The molecule has 2 heterocycles. The molecular weight excluding hydrogens is 320 g/mol. The minimum absolute atomic E-state index is 0.0449. The predicted molar refractivity (Wildman–Crippen MR) is 93.6 cm³/mol. The fraction of sp³-hybridized carbons (Fsp3) is 0.684. The molecule has 0 spiro atoms. The van der Waals surface area contributed by atoms with E-state index in [-0.39, 0.29) is 18.7 Å². The van der Waals surface area contributed by atoms with Crippen molar-refractivity contribution in [1.82, 2.24) is 9.88 Å². The molecule has 3 rings (SSSR count). The summed E-state index contributed by atoms with van der Waals surface area (Å²) in [5.74, 6) is 1.88. The van der Waals surface area contributed by atoms with Crippen LogP contribution in [0.5, 0.6) is 5.75 Å². The maximum Gasteiger partial charge on any atom is 0.410 e. The quantitative estimate of drug-likeness (QED) is 0.886. The van der Waals surface area contributed by atoms with Gasteiger partial charge in [-0.3, -0.25) is 4.98 Å².